The van der Waals surface area contributed by atoms with Gasteiger partial charge < -0.3 is 0 Å². The number of hydrogen-bond acceptors (Lipinski definition) is 2. The van der Waals surface area contributed by atoms with Crippen LogP contribution in [-0.4, -0.2) is 16.6 Å². The van der Waals surface area contributed by atoms with Crippen LogP contribution in [-0.2, 0) is 4.79 Å². The van der Waals surface area contributed by atoms with E-state index < -0.39 is 0 Å². The summed E-state index contributed by atoms with van der Waals surface area (Å²) in [5.74, 6) is 0.517. The Labute approximate surface area is 64.0 Å². The van der Waals surface area contributed by atoms with Crippen LogP contribution < -0.4 is 0 Å². The highest BCUT2D eigenvalue weighted by Gasteiger charge is 2.25. The second-order valence-electron chi connectivity index (χ2n) is 2.29. The average Bonchev–Trinajstić information content (AvgIpc) is 2.30. The van der Waals surface area contributed by atoms with E-state index in [1.165, 1.54) is 4.90 Å². The SMILES string of the molecule is C=C1N=C2C=CC=CN2C1=O. The molecule has 0 saturated heterocycles. The van der Waals surface area contributed by atoms with Crippen molar-refractivity contribution in [3.8, 4) is 0 Å². The molecule has 0 atom stereocenters. The molecule has 11 heavy (non-hydrogen) atoms. The summed E-state index contributed by atoms with van der Waals surface area (Å²) < 4.78 is 0. The van der Waals surface area contributed by atoms with E-state index >= 15 is 0 Å². The average molecular weight is 146 g/mol. The van der Waals surface area contributed by atoms with E-state index in [2.05, 4.69) is 11.6 Å². The maximum absolute atomic E-state index is 11.2. The summed E-state index contributed by atoms with van der Waals surface area (Å²) >= 11 is 0. The lowest BCUT2D eigenvalue weighted by atomic mass is 10.3. The summed E-state index contributed by atoms with van der Waals surface area (Å²) in [4.78, 5) is 16.6. The second kappa shape index (κ2) is 1.92. The highest BCUT2D eigenvalue weighted by Crippen LogP contribution is 2.16. The largest absolute Gasteiger partial charge is 0.281 e. The Morgan fingerprint density at radius 3 is 3.00 bits per heavy atom. The maximum atomic E-state index is 11.2. The number of amides is 1. The van der Waals surface area contributed by atoms with Crippen molar-refractivity contribution < 1.29 is 4.79 Å². The number of carbonyl (C=O) groups is 1. The zero-order chi connectivity index (χ0) is 7.84. The van der Waals surface area contributed by atoms with Gasteiger partial charge in [-0.2, -0.15) is 0 Å². The fourth-order valence-corrected chi connectivity index (χ4v) is 1.02. The molecule has 0 aromatic rings. The van der Waals surface area contributed by atoms with Crippen LogP contribution in [0.2, 0.25) is 0 Å². The van der Waals surface area contributed by atoms with Gasteiger partial charge in [0.15, 0.2) is 0 Å². The predicted molar refractivity (Wildman–Crippen MR) is 41.7 cm³/mol. The van der Waals surface area contributed by atoms with E-state index in [-0.39, 0.29) is 5.91 Å². The van der Waals surface area contributed by atoms with Gasteiger partial charge in [0.1, 0.15) is 11.5 Å². The first-order valence-electron chi connectivity index (χ1n) is 3.25. The summed E-state index contributed by atoms with van der Waals surface area (Å²) in [6, 6.07) is 0. The van der Waals surface area contributed by atoms with Crippen LogP contribution in [0.1, 0.15) is 0 Å². The minimum absolute atomic E-state index is 0.138. The van der Waals surface area contributed by atoms with Gasteiger partial charge in [-0.3, -0.25) is 9.69 Å². The van der Waals surface area contributed by atoms with Gasteiger partial charge in [0.05, 0.1) is 0 Å². The van der Waals surface area contributed by atoms with Gasteiger partial charge in [-0.1, -0.05) is 12.7 Å². The van der Waals surface area contributed by atoms with Gasteiger partial charge in [0, 0.05) is 6.20 Å². The summed E-state index contributed by atoms with van der Waals surface area (Å²) in [5.41, 5.74) is 0.302. The maximum Gasteiger partial charge on any atom is 0.281 e. The minimum Gasteiger partial charge on any atom is -0.266 e. The third-order valence-electron chi connectivity index (χ3n) is 1.55. The van der Waals surface area contributed by atoms with Crippen molar-refractivity contribution in [1.29, 1.82) is 0 Å². The molecule has 54 valence electrons. The van der Waals surface area contributed by atoms with Crippen LogP contribution in [0.25, 0.3) is 0 Å². The third-order valence-corrected chi connectivity index (χ3v) is 1.55. The number of hydrogen-bond donors (Lipinski definition) is 0. The third kappa shape index (κ3) is 0.741. The Bertz CT molecular complexity index is 323. The van der Waals surface area contributed by atoms with E-state index in [9.17, 15) is 4.79 Å². The standard InChI is InChI=1S/C8H6N2O/c1-6-8(11)10-5-3-2-4-7(10)9-6/h2-5H,1H2. The van der Waals surface area contributed by atoms with Crippen LogP contribution in [0.15, 0.2) is 41.7 Å². The zero-order valence-corrected chi connectivity index (χ0v) is 5.82. The summed E-state index contributed by atoms with van der Waals surface area (Å²) in [7, 11) is 0. The van der Waals surface area contributed by atoms with Crippen LogP contribution in [0.4, 0.5) is 0 Å². The van der Waals surface area contributed by atoms with Gasteiger partial charge >= 0.3 is 0 Å². The van der Waals surface area contributed by atoms with E-state index in [1.54, 1.807) is 18.4 Å². The molecule has 3 heteroatoms. The molecule has 0 fully saturated rings. The highest BCUT2D eigenvalue weighted by atomic mass is 16.2. The summed E-state index contributed by atoms with van der Waals surface area (Å²) in [6.45, 7) is 3.51. The Kier molecular flexibility index (Phi) is 1.06. The highest BCUT2D eigenvalue weighted by molar-refractivity contribution is 6.17. The molecule has 3 nitrogen and oxygen atoms in total. The smallest absolute Gasteiger partial charge is 0.266 e. The van der Waals surface area contributed by atoms with Crippen LogP contribution in [0.5, 0.6) is 0 Å². The molecule has 0 spiro atoms. The molecular formula is C8H6N2O. The van der Waals surface area contributed by atoms with Crippen molar-refractivity contribution in [2.45, 2.75) is 0 Å². The lowest BCUT2D eigenvalue weighted by Crippen LogP contribution is -2.26. The molecule has 0 aliphatic carbocycles. The van der Waals surface area contributed by atoms with Crippen molar-refractivity contribution in [3.63, 3.8) is 0 Å². The normalized spacial score (nSPS) is 20.7. The molecule has 2 rings (SSSR count). The molecule has 2 aliphatic rings. The number of nitrogens with zero attached hydrogens (tertiary/aromatic N) is 2. The lowest BCUT2D eigenvalue weighted by Gasteiger charge is -2.11. The van der Waals surface area contributed by atoms with Crippen LogP contribution >= 0.6 is 0 Å². The number of fused-ring (bicyclic) bond motifs is 1. The zero-order valence-electron chi connectivity index (χ0n) is 5.82. The molecule has 0 bridgehead atoms. The number of amidine groups is 1. The van der Waals surface area contributed by atoms with Crippen LogP contribution in [0, 0.1) is 0 Å². The fraction of sp³-hybridized carbons (Fsp3) is 0. The Morgan fingerprint density at radius 1 is 1.45 bits per heavy atom. The Hall–Kier alpha value is -1.64. The molecule has 0 N–H and O–H groups in total. The van der Waals surface area contributed by atoms with Gasteiger partial charge in [-0.05, 0) is 12.2 Å². The first kappa shape index (κ1) is 6.09. The lowest BCUT2D eigenvalue weighted by molar-refractivity contribution is -0.120. The van der Waals surface area contributed by atoms with Crippen molar-refractivity contribution in [3.05, 3.63) is 36.7 Å². The Morgan fingerprint density at radius 2 is 2.27 bits per heavy atom. The van der Waals surface area contributed by atoms with E-state index in [1.807, 2.05) is 6.08 Å². The molecule has 0 radical (unpaired) electrons. The number of carbonyl (C=O) groups excluding carboxylic acids is 1. The van der Waals surface area contributed by atoms with Gasteiger partial charge in [0.25, 0.3) is 5.91 Å². The van der Waals surface area contributed by atoms with E-state index in [0.717, 1.165) is 0 Å². The first-order chi connectivity index (χ1) is 5.29. The van der Waals surface area contributed by atoms with Crippen molar-refractivity contribution in [2.75, 3.05) is 0 Å². The topological polar surface area (TPSA) is 32.7 Å². The molecule has 1 amide bonds. The molecule has 0 aromatic carbocycles. The number of aliphatic imine (C=N–C) groups is 1. The molecule has 2 heterocycles. The molecule has 0 saturated carbocycles. The number of rotatable bonds is 0. The van der Waals surface area contributed by atoms with Gasteiger partial charge in [-0.25, -0.2) is 4.99 Å². The summed E-state index contributed by atoms with van der Waals surface area (Å²) in [6.07, 6.45) is 7.08. The van der Waals surface area contributed by atoms with E-state index in [4.69, 9.17) is 0 Å². The predicted octanol–water partition coefficient (Wildman–Crippen LogP) is 0.824. The fourth-order valence-electron chi connectivity index (χ4n) is 1.02. The molecule has 2 aliphatic heterocycles. The summed E-state index contributed by atoms with van der Waals surface area (Å²) in [5, 5.41) is 0. The van der Waals surface area contributed by atoms with Crippen LogP contribution in [0.3, 0.4) is 0 Å². The second-order valence-corrected chi connectivity index (χ2v) is 2.29. The molecular weight excluding hydrogens is 140 g/mol. The number of allylic oxidation sites excluding steroid dienone is 2. The van der Waals surface area contributed by atoms with Gasteiger partial charge in [0.2, 0.25) is 0 Å². The molecule has 0 aromatic heterocycles. The first-order valence-corrected chi connectivity index (χ1v) is 3.25. The van der Waals surface area contributed by atoms with E-state index in [0.29, 0.717) is 11.5 Å². The van der Waals surface area contributed by atoms with Crippen molar-refractivity contribution >= 4 is 11.7 Å². The minimum atomic E-state index is -0.138. The monoisotopic (exact) mass is 146 g/mol. The Balaban J connectivity index is 2.47. The molecule has 0 unspecified atom stereocenters. The van der Waals surface area contributed by atoms with Crippen molar-refractivity contribution in [1.82, 2.24) is 4.90 Å². The quantitative estimate of drug-likeness (QED) is 0.466. The van der Waals surface area contributed by atoms with Crippen molar-refractivity contribution in [2.24, 2.45) is 4.99 Å². The van der Waals surface area contributed by atoms with Gasteiger partial charge in [-0.15, -0.1) is 0 Å².